The van der Waals surface area contributed by atoms with Crippen LogP contribution in [-0.2, 0) is 4.74 Å². The molecule has 0 aromatic carbocycles. The van der Waals surface area contributed by atoms with Gasteiger partial charge in [-0.05, 0) is 31.6 Å². The molecular formula is C11H23NO. The average molecular weight is 185 g/mol. The first-order valence-corrected chi connectivity index (χ1v) is 5.36. The second-order valence-corrected chi connectivity index (χ2v) is 4.95. The highest BCUT2D eigenvalue weighted by molar-refractivity contribution is 4.88. The van der Waals surface area contributed by atoms with E-state index in [0.29, 0.717) is 24.5 Å². The maximum atomic E-state index is 6.00. The minimum Gasteiger partial charge on any atom is -0.370 e. The van der Waals surface area contributed by atoms with Crippen LogP contribution in [0.4, 0.5) is 0 Å². The molecule has 78 valence electrons. The van der Waals surface area contributed by atoms with Crippen molar-refractivity contribution < 1.29 is 4.74 Å². The number of ether oxygens (including phenoxy) is 1. The van der Waals surface area contributed by atoms with E-state index < -0.39 is 0 Å². The zero-order chi connectivity index (χ0) is 10.1. The lowest BCUT2D eigenvalue weighted by Crippen LogP contribution is -2.36. The van der Waals surface area contributed by atoms with E-state index in [9.17, 15) is 0 Å². The maximum Gasteiger partial charge on any atom is 0.0781 e. The fourth-order valence-corrected chi connectivity index (χ4v) is 1.88. The van der Waals surface area contributed by atoms with Crippen LogP contribution in [0.5, 0.6) is 0 Å². The first-order valence-electron chi connectivity index (χ1n) is 5.36. The van der Waals surface area contributed by atoms with E-state index in [1.807, 2.05) is 0 Å². The predicted octanol–water partition coefficient (Wildman–Crippen LogP) is 2.17. The average Bonchev–Trinajstić information content (AvgIpc) is 2.47. The summed E-state index contributed by atoms with van der Waals surface area (Å²) in [5.41, 5.74) is 5.63. The second-order valence-electron chi connectivity index (χ2n) is 4.95. The minimum atomic E-state index is -0.0478. The Hall–Kier alpha value is -0.0800. The van der Waals surface area contributed by atoms with Crippen molar-refractivity contribution in [3.05, 3.63) is 0 Å². The van der Waals surface area contributed by atoms with E-state index in [4.69, 9.17) is 10.5 Å². The van der Waals surface area contributed by atoms with Gasteiger partial charge in [-0.2, -0.15) is 0 Å². The van der Waals surface area contributed by atoms with Gasteiger partial charge in [-0.25, -0.2) is 0 Å². The summed E-state index contributed by atoms with van der Waals surface area (Å²) in [5.74, 6) is 1.35. The van der Waals surface area contributed by atoms with E-state index in [2.05, 4.69) is 27.7 Å². The zero-order valence-electron chi connectivity index (χ0n) is 9.34. The highest BCUT2D eigenvalue weighted by atomic mass is 16.5. The van der Waals surface area contributed by atoms with Crippen LogP contribution in [0.25, 0.3) is 0 Å². The third-order valence-corrected chi connectivity index (χ3v) is 3.46. The van der Waals surface area contributed by atoms with E-state index in [0.717, 1.165) is 6.42 Å². The Bertz CT molecular complexity index is 169. The molecular weight excluding hydrogens is 162 g/mol. The zero-order valence-corrected chi connectivity index (χ0v) is 9.34. The Morgan fingerprint density at radius 1 is 1.46 bits per heavy atom. The van der Waals surface area contributed by atoms with Crippen LogP contribution in [0.1, 0.15) is 40.5 Å². The largest absolute Gasteiger partial charge is 0.370 e. The highest BCUT2D eigenvalue weighted by Gasteiger charge is 2.37. The van der Waals surface area contributed by atoms with Crippen molar-refractivity contribution in [1.82, 2.24) is 0 Å². The molecule has 1 saturated heterocycles. The fraction of sp³-hybridized carbons (Fsp3) is 1.00. The molecule has 0 radical (unpaired) electrons. The van der Waals surface area contributed by atoms with Crippen LogP contribution in [0, 0.1) is 11.8 Å². The van der Waals surface area contributed by atoms with E-state index >= 15 is 0 Å². The molecule has 0 amide bonds. The van der Waals surface area contributed by atoms with Gasteiger partial charge in [0.05, 0.1) is 11.7 Å². The molecule has 2 nitrogen and oxygen atoms in total. The van der Waals surface area contributed by atoms with Crippen LogP contribution < -0.4 is 5.73 Å². The van der Waals surface area contributed by atoms with Crippen LogP contribution in [0.3, 0.4) is 0 Å². The van der Waals surface area contributed by atoms with Crippen LogP contribution in [0.15, 0.2) is 0 Å². The maximum absolute atomic E-state index is 6.00. The summed E-state index contributed by atoms with van der Waals surface area (Å²) in [6, 6.07) is 0. The summed E-state index contributed by atoms with van der Waals surface area (Å²) in [6.07, 6.45) is 2.71. The van der Waals surface area contributed by atoms with Gasteiger partial charge in [-0.15, -0.1) is 0 Å². The summed E-state index contributed by atoms with van der Waals surface area (Å²) >= 11 is 0. The van der Waals surface area contributed by atoms with Gasteiger partial charge in [0.25, 0.3) is 0 Å². The number of hydrogen-bond acceptors (Lipinski definition) is 2. The normalized spacial score (nSPS) is 36.9. The van der Waals surface area contributed by atoms with Crippen molar-refractivity contribution in [2.45, 2.75) is 52.2 Å². The van der Waals surface area contributed by atoms with Gasteiger partial charge in [0.15, 0.2) is 0 Å². The Balaban J connectivity index is 2.49. The molecule has 0 saturated carbocycles. The monoisotopic (exact) mass is 185 g/mol. The molecule has 1 fully saturated rings. The Morgan fingerprint density at radius 2 is 2.08 bits per heavy atom. The van der Waals surface area contributed by atoms with E-state index in [1.165, 1.54) is 6.42 Å². The summed E-state index contributed by atoms with van der Waals surface area (Å²) < 4.78 is 6.00. The molecule has 3 unspecified atom stereocenters. The molecule has 0 aromatic heterocycles. The van der Waals surface area contributed by atoms with Crippen molar-refractivity contribution >= 4 is 0 Å². The van der Waals surface area contributed by atoms with Crippen molar-refractivity contribution in [1.29, 1.82) is 0 Å². The molecule has 0 bridgehead atoms. The summed E-state index contributed by atoms with van der Waals surface area (Å²) in [5, 5.41) is 0. The molecule has 0 spiro atoms. The number of rotatable bonds is 3. The summed E-state index contributed by atoms with van der Waals surface area (Å²) in [6.45, 7) is 9.56. The van der Waals surface area contributed by atoms with E-state index in [1.54, 1.807) is 0 Å². The lowest BCUT2D eigenvalue weighted by molar-refractivity contribution is -0.0507. The molecule has 2 N–H and O–H groups in total. The molecule has 1 aliphatic heterocycles. The quantitative estimate of drug-likeness (QED) is 0.731. The molecule has 13 heavy (non-hydrogen) atoms. The minimum absolute atomic E-state index is 0.0478. The molecule has 1 heterocycles. The molecule has 1 aliphatic rings. The van der Waals surface area contributed by atoms with Gasteiger partial charge in [0, 0.05) is 6.54 Å². The SMILES string of the molecule is CC(C)C(C)C1CCC(C)(CN)O1. The first-order chi connectivity index (χ1) is 5.98. The van der Waals surface area contributed by atoms with Gasteiger partial charge in [0.1, 0.15) is 0 Å². The van der Waals surface area contributed by atoms with Crippen LogP contribution in [-0.4, -0.2) is 18.2 Å². The first kappa shape index (κ1) is 11.0. The third kappa shape index (κ3) is 2.44. The lowest BCUT2D eigenvalue weighted by atomic mass is 9.90. The lowest BCUT2D eigenvalue weighted by Gasteiger charge is -2.27. The topological polar surface area (TPSA) is 35.2 Å². The van der Waals surface area contributed by atoms with Crippen molar-refractivity contribution in [3.8, 4) is 0 Å². The number of nitrogens with two attached hydrogens (primary N) is 1. The smallest absolute Gasteiger partial charge is 0.0781 e. The van der Waals surface area contributed by atoms with Crippen LogP contribution >= 0.6 is 0 Å². The molecule has 0 aliphatic carbocycles. The van der Waals surface area contributed by atoms with Gasteiger partial charge in [-0.1, -0.05) is 20.8 Å². The predicted molar refractivity (Wildman–Crippen MR) is 55.6 cm³/mol. The Morgan fingerprint density at radius 3 is 2.46 bits per heavy atom. The number of hydrogen-bond donors (Lipinski definition) is 1. The van der Waals surface area contributed by atoms with Crippen LogP contribution in [0.2, 0.25) is 0 Å². The molecule has 0 aromatic rings. The van der Waals surface area contributed by atoms with Gasteiger partial charge >= 0.3 is 0 Å². The summed E-state index contributed by atoms with van der Waals surface area (Å²) in [7, 11) is 0. The van der Waals surface area contributed by atoms with Crippen molar-refractivity contribution in [3.63, 3.8) is 0 Å². The second kappa shape index (κ2) is 3.97. The highest BCUT2D eigenvalue weighted by Crippen LogP contribution is 2.35. The van der Waals surface area contributed by atoms with Crippen molar-refractivity contribution in [2.24, 2.45) is 17.6 Å². The fourth-order valence-electron chi connectivity index (χ4n) is 1.88. The van der Waals surface area contributed by atoms with Gasteiger partial charge in [-0.3, -0.25) is 0 Å². The van der Waals surface area contributed by atoms with Gasteiger partial charge < -0.3 is 10.5 Å². The molecule has 2 heteroatoms. The molecule has 1 rings (SSSR count). The summed E-state index contributed by atoms with van der Waals surface area (Å²) in [4.78, 5) is 0. The molecule has 3 atom stereocenters. The van der Waals surface area contributed by atoms with Crippen molar-refractivity contribution in [2.75, 3.05) is 6.54 Å². The third-order valence-electron chi connectivity index (χ3n) is 3.46. The van der Waals surface area contributed by atoms with E-state index in [-0.39, 0.29) is 5.60 Å². The Labute approximate surface area is 81.8 Å². The standard InChI is InChI=1S/C11H23NO/c1-8(2)9(3)10-5-6-11(4,7-12)13-10/h8-10H,5-7,12H2,1-4H3. The van der Waals surface area contributed by atoms with Gasteiger partial charge in [0.2, 0.25) is 0 Å². The Kier molecular flexibility index (Phi) is 3.36.